The van der Waals surface area contributed by atoms with Gasteiger partial charge in [0.2, 0.25) is 0 Å². The third-order valence-electron chi connectivity index (χ3n) is 1.69. The minimum absolute atomic E-state index is 0.567. The zero-order valence-corrected chi connectivity index (χ0v) is 9.69. The van der Waals surface area contributed by atoms with Crippen LogP contribution in [0.2, 0.25) is 0 Å². The maximum absolute atomic E-state index is 5.28. The van der Waals surface area contributed by atoms with Crippen molar-refractivity contribution in [3.8, 4) is 12.3 Å². The van der Waals surface area contributed by atoms with E-state index in [9.17, 15) is 0 Å². The van der Waals surface area contributed by atoms with Crippen LogP contribution in [-0.2, 0) is 0 Å². The molecule has 0 spiro atoms. The van der Waals surface area contributed by atoms with Crippen molar-refractivity contribution in [2.75, 3.05) is 0 Å². The number of terminal acetylenes is 1. The van der Waals surface area contributed by atoms with Gasteiger partial charge in [0.25, 0.3) is 0 Å². The standard InChI is InChI=1S/C8H5IN3P/c1-2-6-3-4-8-7(5-6)10-11-12(8)13-9/h1,3-5,13H. The van der Waals surface area contributed by atoms with Gasteiger partial charge in [-0.1, -0.05) is 11.1 Å². The molecule has 0 fully saturated rings. The molecule has 0 aliphatic carbocycles. The minimum atomic E-state index is 0.567. The highest BCUT2D eigenvalue weighted by atomic mass is 127. The SMILES string of the molecule is C#Cc1ccc2c(c1)nnn2PI. The average molecular weight is 301 g/mol. The molecular formula is C8H5IN3P. The lowest BCUT2D eigenvalue weighted by Gasteiger charge is -1.94. The topological polar surface area (TPSA) is 30.7 Å². The Bertz CT molecular complexity index is 486. The molecule has 64 valence electrons. The molecule has 1 aromatic carbocycles. The maximum atomic E-state index is 5.28. The molecule has 0 bridgehead atoms. The van der Waals surface area contributed by atoms with Gasteiger partial charge in [-0.3, -0.25) is 0 Å². The molecule has 2 rings (SSSR count). The lowest BCUT2D eigenvalue weighted by atomic mass is 10.2. The fourth-order valence-electron chi connectivity index (χ4n) is 1.08. The Kier molecular flexibility index (Phi) is 2.47. The molecule has 5 heteroatoms. The molecule has 0 radical (unpaired) electrons. The van der Waals surface area contributed by atoms with E-state index in [2.05, 4.69) is 38.3 Å². The van der Waals surface area contributed by atoms with Crippen molar-refractivity contribution in [2.24, 2.45) is 0 Å². The number of aromatic nitrogens is 3. The molecule has 13 heavy (non-hydrogen) atoms. The number of halogens is 1. The van der Waals surface area contributed by atoms with E-state index >= 15 is 0 Å². The summed E-state index contributed by atoms with van der Waals surface area (Å²) in [5, 5.41) is 8.01. The molecule has 1 aromatic heterocycles. The highest BCUT2D eigenvalue weighted by molar-refractivity contribution is 14.2. The van der Waals surface area contributed by atoms with E-state index in [4.69, 9.17) is 6.42 Å². The van der Waals surface area contributed by atoms with Gasteiger partial charge in [-0.05, 0) is 40.2 Å². The third kappa shape index (κ3) is 1.54. The average Bonchev–Trinajstić information content (AvgIpc) is 2.59. The normalized spacial score (nSPS) is 11.1. The van der Waals surface area contributed by atoms with Crippen LogP contribution in [0.15, 0.2) is 18.2 Å². The first-order chi connectivity index (χ1) is 6.35. The first-order valence-electron chi connectivity index (χ1n) is 3.54. The Balaban J connectivity index is 2.70. The second-order valence-corrected chi connectivity index (χ2v) is 4.47. The van der Waals surface area contributed by atoms with Crippen molar-refractivity contribution in [2.45, 2.75) is 0 Å². The van der Waals surface area contributed by atoms with E-state index in [1.807, 2.05) is 22.7 Å². The Morgan fingerprint density at radius 2 is 2.38 bits per heavy atom. The molecule has 1 heterocycles. The van der Waals surface area contributed by atoms with E-state index < -0.39 is 0 Å². The van der Waals surface area contributed by atoms with Crippen LogP contribution in [0, 0.1) is 12.3 Å². The second kappa shape index (κ2) is 3.60. The summed E-state index contributed by atoms with van der Waals surface area (Å²) in [6.45, 7) is 0. The molecule has 0 aliphatic rings. The summed E-state index contributed by atoms with van der Waals surface area (Å²) >= 11 is 2.26. The first kappa shape index (κ1) is 8.92. The molecule has 2 aromatic rings. The molecule has 1 unspecified atom stereocenters. The van der Waals surface area contributed by atoms with Crippen molar-refractivity contribution >= 4 is 39.4 Å². The number of nitrogens with zero attached hydrogens (tertiary/aromatic N) is 3. The van der Waals surface area contributed by atoms with Gasteiger partial charge < -0.3 is 0 Å². The van der Waals surface area contributed by atoms with Crippen LogP contribution in [-0.4, -0.2) is 14.8 Å². The fraction of sp³-hybridized carbons (Fsp3) is 0. The predicted octanol–water partition coefficient (Wildman–Crippen LogP) is 2.20. The highest BCUT2D eigenvalue weighted by Gasteiger charge is 2.02. The van der Waals surface area contributed by atoms with Gasteiger partial charge in [0.05, 0.1) is 11.9 Å². The van der Waals surface area contributed by atoms with Crippen LogP contribution in [0.5, 0.6) is 0 Å². The zero-order valence-electron chi connectivity index (χ0n) is 6.53. The van der Waals surface area contributed by atoms with Gasteiger partial charge >= 0.3 is 0 Å². The van der Waals surface area contributed by atoms with E-state index in [0.717, 1.165) is 16.6 Å². The van der Waals surface area contributed by atoms with Crippen molar-refractivity contribution in [3.63, 3.8) is 0 Å². The maximum Gasteiger partial charge on any atom is 0.114 e. The Morgan fingerprint density at radius 3 is 3.08 bits per heavy atom. The van der Waals surface area contributed by atoms with Crippen LogP contribution < -0.4 is 0 Å². The fourth-order valence-corrected chi connectivity index (χ4v) is 2.50. The van der Waals surface area contributed by atoms with Crippen LogP contribution in [0.25, 0.3) is 11.0 Å². The van der Waals surface area contributed by atoms with Crippen molar-refractivity contribution in [1.82, 2.24) is 14.8 Å². The molecule has 0 saturated heterocycles. The smallest absolute Gasteiger partial charge is 0.114 e. The molecule has 0 N–H and O–H groups in total. The van der Waals surface area contributed by atoms with Gasteiger partial charge in [-0.2, -0.15) is 0 Å². The summed E-state index contributed by atoms with van der Waals surface area (Å²) in [6.07, 6.45) is 5.84. The number of hydrogen-bond donors (Lipinski definition) is 0. The third-order valence-corrected chi connectivity index (χ3v) is 3.55. The summed E-state index contributed by atoms with van der Waals surface area (Å²) in [5.74, 6) is 2.57. The molecule has 1 atom stereocenters. The van der Waals surface area contributed by atoms with Crippen molar-refractivity contribution in [1.29, 1.82) is 0 Å². The molecule has 0 saturated carbocycles. The lowest BCUT2D eigenvalue weighted by Crippen LogP contribution is -1.82. The summed E-state index contributed by atoms with van der Waals surface area (Å²) in [6, 6.07) is 5.73. The quantitative estimate of drug-likeness (QED) is 0.459. The summed E-state index contributed by atoms with van der Waals surface area (Å²) < 4.78 is 1.86. The first-order valence-corrected chi connectivity index (χ1v) is 7.60. The van der Waals surface area contributed by atoms with Gasteiger partial charge in [-0.25, -0.2) is 4.45 Å². The minimum Gasteiger partial charge on any atom is -0.217 e. The predicted molar refractivity (Wildman–Crippen MR) is 63.2 cm³/mol. The van der Waals surface area contributed by atoms with Crippen LogP contribution in [0.3, 0.4) is 0 Å². The zero-order chi connectivity index (χ0) is 9.26. The molecule has 3 nitrogen and oxygen atoms in total. The number of rotatable bonds is 1. The van der Waals surface area contributed by atoms with E-state index in [-0.39, 0.29) is 0 Å². The second-order valence-electron chi connectivity index (χ2n) is 2.43. The van der Waals surface area contributed by atoms with Crippen LogP contribution in [0.4, 0.5) is 0 Å². The van der Waals surface area contributed by atoms with Gasteiger partial charge in [0, 0.05) is 5.56 Å². The van der Waals surface area contributed by atoms with Gasteiger partial charge in [-0.15, -0.1) is 11.5 Å². The highest BCUT2D eigenvalue weighted by Crippen LogP contribution is 2.26. The monoisotopic (exact) mass is 301 g/mol. The summed E-state index contributed by atoms with van der Waals surface area (Å²) in [4.78, 5) is 0. The largest absolute Gasteiger partial charge is 0.217 e. The van der Waals surface area contributed by atoms with Crippen LogP contribution >= 0.6 is 28.4 Å². The van der Waals surface area contributed by atoms with E-state index in [0.29, 0.717) is 6.37 Å². The Morgan fingerprint density at radius 1 is 1.54 bits per heavy atom. The van der Waals surface area contributed by atoms with E-state index in [1.165, 1.54) is 0 Å². The summed E-state index contributed by atoms with van der Waals surface area (Å²) in [5.41, 5.74) is 2.74. The van der Waals surface area contributed by atoms with Crippen LogP contribution in [0.1, 0.15) is 5.56 Å². The number of hydrogen-bond acceptors (Lipinski definition) is 2. The number of benzene rings is 1. The van der Waals surface area contributed by atoms with Crippen molar-refractivity contribution < 1.29 is 0 Å². The van der Waals surface area contributed by atoms with E-state index in [1.54, 1.807) is 0 Å². The Labute approximate surface area is 90.2 Å². The molecular weight excluding hydrogens is 296 g/mol. The number of fused-ring (bicyclic) bond motifs is 1. The summed E-state index contributed by atoms with van der Waals surface area (Å²) in [7, 11) is 0. The Hall–Kier alpha value is -0.660. The molecule has 0 aliphatic heterocycles. The molecule has 0 amide bonds. The van der Waals surface area contributed by atoms with Gasteiger partial charge in [0.15, 0.2) is 0 Å². The van der Waals surface area contributed by atoms with Crippen molar-refractivity contribution in [3.05, 3.63) is 23.8 Å². The van der Waals surface area contributed by atoms with Gasteiger partial charge in [0.1, 0.15) is 5.52 Å². The lowest BCUT2D eigenvalue weighted by molar-refractivity contribution is 0.910.